The van der Waals surface area contributed by atoms with Gasteiger partial charge in [0.05, 0.1) is 22.9 Å². The maximum absolute atomic E-state index is 11.7. The highest BCUT2D eigenvalue weighted by Crippen LogP contribution is 2.32. The topological polar surface area (TPSA) is 112 Å². The minimum Gasteiger partial charge on any atom is -0.367 e. The number of rotatable bonds is 5. The van der Waals surface area contributed by atoms with Crippen LogP contribution in [0.5, 0.6) is 0 Å². The van der Waals surface area contributed by atoms with Crippen LogP contribution in [-0.2, 0) is 4.79 Å². The van der Waals surface area contributed by atoms with Crippen LogP contribution in [-0.4, -0.2) is 54.9 Å². The van der Waals surface area contributed by atoms with Crippen LogP contribution in [0.25, 0.3) is 22.1 Å². The zero-order chi connectivity index (χ0) is 22.9. The monoisotopic (exact) mass is 464 g/mol. The SMILES string of the molecule is CC(=O)N1CCC(Nc2nc3c(Cl)cccc3cc2C(C)Nc2ncnc3nc[nH]c23)CC1. The van der Waals surface area contributed by atoms with Crippen LogP contribution in [0.4, 0.5) is 11.6 Å². The number of nitrogens with zero attached hydrogens (tertiary/aromatic N) is 5. The first-order valence-corrected chi connectivity index (χ1v) is 11.4. The molecule has 0 radical (unpaired) electrons. The first-order chi connectivity index (χ1) is 16.0. The molecule has 9 nitrogen and oxygen atoms in total. The highest BCUT2D eigenvalue weighted by molar-refractivity contribution is 6.35. The molecule has 0 bridgehead atoms. The first-order valence-electron chi connectivity index (χ1n) is 11.0. The molecule has 1 atom stereocenters. The Hall–Kier alpha value is -3.46. The Kier molecular flexibility index (Phi) is 5.72. The van der Waals surface area contributed by atoms with E-state index in [2.05, 4.69) is 43.6 Å². The Labute approximate surface area is 196 Å². The normalized spacial score (nSPS) is 15.7. The average molecular weight is 465 g/mol. The zero-order valence-corrected chi connectivity index (χ0v) is 19.2. The summed E-state index contributed by atoms with van der Waals surface area (Å²) in [4.78, 5) is 34.4. The number of fused-ring (bicyclic) bond motifs is 2. The van der Waals surface area contributed by atoms with E-state index in [1.54, 1.807) is 13.3 Å². The van der Waals surface area contributed by atoms with Crippen LogP contribution in [0.1, 0.15) is 38.3 Å². The van der Waals surface area contributed by atoms with Gasteiger partial charge in [-0.15, -0.1) is 0 Å². The lowest BCUT2D eigenvalue weighted by atomic mass is 10.0. The van der Waals surface area contributed by atoms with Gasteiger partial charge >= 0.3 is 0 Å². The van der Waals surface area contributed by atoms with Gasteiger partial charge in [-0.3, -0.25) is 4.79 Å². The highest BCUT2D eigenvalue weighted by Gasteiger charge is 2.23. The predicted molar refractivity (Wildman–Crippen MR) is 129 cm³/mol. The lowest BCUT2D eigenvalue weighted by Crippen LogP contribution is -2.41. The largest absolute Gasteiger partial charge is 0.367 e. The number of aromatic nitrogens is 5. The second kappa shape index (κ2) is 8.82. The number of halogens is 1. The molecule has 33 heavy (non-hydrogen) atoms. The Balaban J connectivity index is 1.47. The molecule has 0 aliphatic carbocycles. The van der Waals surface area contributed by atoms with Crippen molar-refractivity contribution < 1.29 is 4.79 Å². The Morgan fingerprint density at radius 3 is 2.82 bits per heavy atom. The zero-order valence-electron chi connectivity index (χ0n) is 18.5. The summed E-state index contributed by atoms with van der Waals surface area (Å²) in [5, 5.41) is 8.69. The van der Waals surface area contributed by atoms with Gasteiger partial charge in [0.15, 0.2) is 11.5 Å². The van der Waals surface area contributed by atoms with E-state index in [0.717, 1.165) is 53.7 Å². The van der Waals surface area contributed by atoms with Crippen molar-refractivity contribution in [2.45, 2.75) is 38.8 Å². The van der Waals surface area contributed by atoms with Crippen molar-refractivity contribution in [1.82, 2.24) is 29.8 Å². The smallest absolute Gasteiger partial charge is 0.219 e. The van der Waals surface area contributed by atoms with Crippen LogP contribution in [0.15, 0.2) is 36.9 Å². The molecule has 170 valence electrons. The molecule has 1 aliphatic heterocycles. The summed E-state index contributed by atoms with van der Waals surface area (Å²) < 4.78 is 0. The lowest BCUT2D eigenvalue weighted by Gasteiger charge is -2.32. The molecule has 3 aromatic heterocycles. The van der Waals surface area contributed by atoms with Crippen LogP contribution >= 0.6 is 11.6 Å². The van der Waals surface area contributed by atoms with Crippen molar-refractivity contribution in [1.29, 1.82) is 0 Å². The quantitative estimate of drug-likeness (QED) is 0.406. The third-order valence-corrected chi connectivity index (χ3v) is 6.45. The van der Waals surface area contributed by atoms with Gasteiger partial charge in [0.2, 0.25) is 5.91 Å². The molecule has 1 amide bonds. The Bertz CT molecular complexity index is 1310. The van der Waals surface area contributed by atoms with Crippen LogP contribution < -0.4 is 10.6 Å². The second-order valence-corrected chi connectivity index (χ2v) is 8.76. The number of para-hydroxylation sites is 1. The van der Waals surface area contributed by atoms with Gasteiger partial charge in [-0.25, -0.2) is 19.9 Å². The fraction of sp³-hybridized carbons (Fsp3) is 0.348. The number of H-pyrrole nitrogens is 1. The van der Waals surface area contributed by atoms with Gasteiger partial charge in [0, 0.05) is 37.0 Å². The van der Waals surface area contributed by atoms with E-state index in [0.29, 0.717) is 16.5 Å². The van der Waals surface area contributed by atoms with Crippen molar-refractivity contribution in [2.75, 3.05) is 23.7 Å². The predicted octanol–water partition coefficient (Wildman–Crippen LogP) is 4.15. The maximum Gasteiger partial charge on any atom is 0.219 e. The van der Waals surface area contributed by atoms with Gasteiger partial charge < -0.3 is 20.5 Å². The molecule has 1 saturated heterocycles. The fourth-order valence-corrected chi connectivity index (χ4v) is 4.54. The maximum atomic E-state index is 11.7. The highest BCUT2D eigenvalue weighted by atomic mass is 35.5. The van der Waals surface area contributed by atoms with Gasteiger partial charge in [-0.05, 0) is 31.9 Å². The standard InChI is InChI=1S/C23H25ClN8O/c1-13(29-23-20-22(26-11-25-20)27-12-28-23)17-10-15-4-3-5-18(24)19(15)31-21(17)30-16-6-8-32(9-7-16)14(2)33/h3-5,10-13,16H,6-9H2,1-2H3,(H,30,31)(H2,25,26,27,28,29). The third-order valence-electron chi connectivity index (χ3n) is 6.15. The van der Waals surface area contributed by atoms with E-state index >= 15 is 0 Å². The van der Waals surface area contributed by atoms with Crippen LogP contribution in [0, 0.1) is 0 Å². The minimum absolute atomic E-state index is 0.109. The molecular weight excluding hydrogens is 440 g/mol. The number of nitrogens with one attached hydrogen (secondary N) is 3. The number of hydrogen-bond acceptors (Lipinski definition) is 7. The van der Waals surface area contributed by atoms with Crippen LogP contribution in [0.2, 0.25) is 5.02 Å². The molecule has 4 heterocycles. The molecule has 1 aromatic carbocycles. The molecule has 0 spiro atoms. The fourth-order valence-electron chi connectivity index (χ4n) is 4.31. The number of carbonyl (C=O) groups excluding carboxylic acids is 1. The Morgan fingerprint density at radius 1 is 1.21 bits per heavy atom. The van der Waals surface area contributed by atoms with E-state index in [4.69, 9.17) is 16.6 Å². The van der Waals surface area contributed by atoms with Crippen molar-refractivity contribution in [3.8, 4) is 0 Å². The summed E-state index contributed by atoms with van der Waals surface area (Å²) in [6.45, 7) is 5.17. The van der Waals surface area contributed by atoms with Crippen molar-refractivity contribution in [2.24, 2.45) is 0 Å². The summed E-state index contributed by atoms with van der Waals surface area (Å²) in [7, 11) is 0. The van der Waals surface area contributed by atoms with Crippen LogP contribution in [0.3, 0.4) is 0 Å². The van der Waals surface area contributed by atoms with E-state index in [1.165, 1.54) is 6.33 Å². The summed E-state index contributed by atoms with van der Waals surface area (Å²) in [6, 6.07) is 8.02. The molecule has 4 aromatic rings. The summed E-state index contributed by atoms with van der Waals surface area (Å²) in [5.41, 5.74) is 3.13. The molecule has 1 fully saturated rings. The summed E-state index contributed by atoms with van der Waals surface area (Å²) in [5.74, 6) is 1.58. The third kappa shape index (κ3) is 4.28. The van der Waals surface area contributed by atoms with Crippen molar-refractivity contribution in [3.63, 3.8) is 0 Å². The average Bonchev–Trinajstić information content (AvgIpc) is 3.29. The van der Waals surface area contributed by atoms with Gasteiger partial charge in [0.1, 0.15) is 17.7 Å². The molecule has 1 unspecified atom stereocenters. The molecule has 0 saturated carbocycles. The number of benzene rings is 1. The number of pyridine rings is 1. The number of hydrogen-bond donors (Lipinski definition) is 3. The van der Waals surface area contributed by atoms with Gasteiger partial charge in [-0.2, -0.15) is 0 Å². The molecular formula is C23H25ClN8O. The van der Waals surface area contributed by atoms with E-state index < -0.39 is 0 Å². The number of anilines is 2. The van der Waals surface area contributed by atoms with E-state index in [1.807, 2.05) is 23.1 Å². The second-order valence-electron chi connectivity index (χ2n) is 8.35. The number of likely N-dealkylation sites (tertiary alicyclic amines) is 1. The van der Waals surface area contributed by atoms with E-state index in [9.17, 15) is 4.79 Å². The number of amides is 1. The van der Waals surface area contributed by atoms with Crippen molar-refractivity contribution >= 4 is 51.2 Å². The van der Waals surface area contributed by atoms with Crippen molar-refractivity contribution in [3.05, 3.63) is 47.5 Å². The Morgan fingerprint density at radius 2 is 2.03 bits per heavy atom. The summed E-state index contributed by atoms with van der Waals surface area (Å²) in [6.07, 6.45) is 4.83. The molecule has 10 heteroatoms. The minimum atomic E-state index is -0.109. The molecule has 1 aliphatic rings. The molecule has 3 N–H and O–H groups in total. The first kappa shape index (κ1) is 21.4. The molecule has 5 rings (SSSR count). The summed E-state index contributed by atoms with van der Waals surface area (Å²) >= 11 is 6.46. The number of piperidine rings is 1. The van der Waals surface area contributed by atoms with Gasteiger partial charge in [0.25, 0.3) is 0 Å². The lowest BCUT2D eigenvalue weighted by molar-refractivity contribution is -0.129. The number of carbonyl (C=O) groups is 1. The number of aromatic amines is 1. The number of imidazole rings is 1. The van der Waals surface area contributed by atoms with E-state index in [-0.39, 0.29) is 18.0 Å². The van der Waals surface area contributed by atoms with Gasteiger partial charge in [-0.1, -0.05) is 23.7 Å².